The van der Waals surface area contributed by atoms with Crippen molar-refractivity contribution in [2.75, 3.05) is 13.7 Å². The number of esters is 1. The smallest absolute Gasteiger partial charge is 0.410 e. The molecule has 3 aliphatic rings. The lowest BCUT2D eigenvalue weighted by Crippen LogP contribution is -2.55. The molecule has 1 aromatic carbocycles. The maximum atomic E-state index is 13.1. The van der Waals surface area contributed by atoms with Crippen molar-refractivity contribution in [2.45, 2.75) is 83.5 Å². The van der Waals surface area contributed by atoms with E-state index in [1.807, 2.05) is 60.9 Å². The van der Waals surface area contributed by atoms with E-state index in [4.69, 9.17) is 9.47 Å². The zero-order valence-corrected chi connectivity index (χ0v) is 21.4. The highest BCUT2D eigenvalue weighted by Crippen LogP contribution is 2.42. The van der Waals surface area contributed by atoms with Crippen LogP contribution in [0.15, 0.2) is 42.0 Å². The van der Waals surface area contributed by atoms with Crippen LogP contribution in [-0.2, 0) is 25.6 Å². The van der Waals surface area contributed by atoms with Gasteiger partial charge in [0.1, 0.15) is 5.60 Å². The molecule has 0 spiro atoms. The molecule has 35 heavy (non-hydrogen) atoms. The van der Waals surface area contributed by atoms with E-state index >= 15 is 0 Å². The van der Waals surface area contributed by atoms with Crippen LogP contribution in [0, 0.1) is 11.8 Å². The topological polar surface area (TPSA) is 76.1 Å². The van der Waals surface area contributed by atoms with Crippen molar-refractivity contribution in [1.29, 1.82) is 0 Å². The van der Waals surface area contributed by atoms with Crippen molar-refractivity contribution < 1.29 is 23.9 Å². The molecule has 2 aliphatic heterocycles. The minimum atomic E-state index is -0.564. The first-order valence-corrected chi connectivity index (χ1v) is 12.8. The van der Waals surface area contributed by atoms with Crippen LogP contribution in [0.5, 0.6) is 0 Å². The predicted octanol–water partition coefficient (Wildman–Crippen LogP) is 4.70. The molecule has 7 heteroatoms. The van der Waals surface area contributed by atoms with Crippen molar-refractivity contribution in [3.63, 3.8) is 0 Å². The first-order valence-electron chi connectivity index (χ1n) is 12.8. The van der Waals surface area contributed by atoms with Crippen molar-refractivity contribution in [3.8, 4) is 0 Å². The molecule has 1 aromatic rings. The zero-order valence-electron chi connectivity index (χ0n) is 21.4. The summed E-state index contributed by atoms with van der Waals surface area (Å²) in [6, 6.07) is 9.55. The average molecular weight is 483 g/mol. The second-order valence-corrected chi connectivity index (χ2v) is 11.0. The molecule has 2 fully saturated rings. The van der Waals surface area contributed by atoms with Gasteiger partial charge >= 0.3 is 12.1 Å². The standard InChI is InChI=1S/C28H38N2O5/c1-28(2,3)35-27(33)29-15-9-8-12-23(29)21-16-20-13-14-24(31)30(18-19-10-6-5-7-11-19)25(20)22(17-21)26(32)34-4/h5-7,10-11,16,21-23,25H,8-9,12-15,17-18H2,1-4H3/t21-,22-,23-,25+/m0/s1. The molecule has 190 valence electrons. The Morgan fingerprint density at radius 2 is 1.83 bits per heavy atom. The van der Waals surface area contributed by atoms with Gasteiger partial charge in [0, 0.05) is 25.6 Å². The number of methoxy groups -OCH3 is 1. The molecule has 2 amide bonds. The second-order valence-electron chi connectivity index (χ2n) is 11.0. The van der Waals surface area contributed by atoms with E-state index in [1.165, 1.54) is 7.11 Å². The third-order valence-corrected chi connectivity index (χ3v) is 7.37. The van der Waals surface area contributed by atoms with Gasteiger partial charge in [0.05, 0.1) is 19.1 Å². The second kappa shape index (κ2) is 10.4. The van der Waals surface area contributed by atoms with Gasteiger partial charge in [0.2, 0.25) is 5.91 Å². The van der Waals surface area contributed by atoms with Crippen molar-refractivity contribution in [3.05, 3.63) is 47.5 Å². The van der Waals surface area contributed by atoms with E-state index in [0.717, 1.165) is 30.4 Å². The maximum absolute atomic E-state index is 13.1. The molecule has 4 atom stereocenters. The fourth-order valence-corrected chi connectivity index (χ4v) is 5.88. The van der Waals surface area contributed by atoms with Gasteiger partial charge in [0.25, 0.3) is 0 Å². The van der Waals surface area contributed by atoms with Gasteiger partial charge in [-0.25, -0.2) is 4.79 Å². The van der Waals surface area contributed by atoms with Gasteiger partial charge in [-0.2, -0.15) is 0 Å². The van der Waals surface area contributed by atoms with Crippen molar-refractivity contribution in [1.82, 2.24) is 9.80 Å². The van der Waals surface area contributed by atoms with Gasteiger partial charge in [-0.15, -0.1) is 0 Å². The van der Waals surface area contributed by atoms with E-state index in [0.29, 0.717) is 32.4 Å². The molecule has 0 saturated carbocycles. The molecule has 2 saturated heterocycles. The molecule has 0 N–H and O–H groups in total. The van der Waals surface area contributed by atoms with Gasteiger partial charge in [-0.3, -0.25) is 9.59 Å². The number of nitrogens with zero attached hydrogens (tertiary/aromatic N) is 2. The molecule has 0 aromatic heterocycles. The normalized spacial score (nSPS) is 27.1. The Morgan fingerprint density at radius 3 is 2.51 bits per heavy atom. The van der Waals surface area contributed by atoms with Crippen LogP contribution in [0.25, 0.3) is 0 Å². The van der Waals surface area contributed by atoms with Crippen molar-refractivity contribution >= 4 is 18.0 Å². The molecular formula is C28H38N2O5. The predicted molar refractivity (Wildman–Crippen MR) is 132 cm³/mol. The Morgan fingerprint density at radius 1 is 1.09 bits per heavy atom. The first-order chi connectivity index (χ1) is 16.7. The van der Waals surface area contributed by atoms with Crippen LogP contribution in [0.1, 0.15) is 64.9 Å². The van der Waals surface area contributed by atoms with Crippen LogP contribution in [0.4, 0.5) is 4.79 Å². The zero-order chi connectivity index (χ0) is 25.2. The summed E-state index contributed by atoms with van der Waals surface area (Å²) in [4.78, 5) is 42.9. The fourth-order valence-electron chi connectivity index (χ4n) is 5.88. The van der Waals surface area contributed by atoms with Crippen LogP contribution < -0.4 is 0 Å². The summed E-state index contributed by atoms with van der Waals surface area (Å²) in [6.45, 7) is 6.76. The van der Waals surface area contributed by atoms with Crippen LogP contribution in [0.2, 0.25) is 0 Å². The Hall–Kier alpha value is -2.83. The molecule has 0 bridgehead atoms. The number of likely N-dealkylation sites (tertiary alicyclic amines) is 2. The summed E-state index contributed by atoms with van der Waals surface area (Å²) in [7, 11) is 1.41. The van der Waals surface area contributed by atoms with Gasteiger partial charge in [0.15, 0.2) is 0 Å². The minimum Gasteiger partial charge on any atom is -0.469 e. The van der Waals surface area contributed by atoms with E-state index in [2.05, 4.69) is 6.08 Å². The third-order valence-electron chi connectivity index (χ3n) is 7.37. The number of carbonyl (C=O) groups is 3. The van der Waals surface area contributed by atoms with E-state index in [9.17, 15) is 14.4 Å². The summed E-state index contributed by atoms with van der Waals surface area (Å²) in [5.74, 6) is -0.667. The van der Waals surface area contributed by atoms with E-state index < -0.39 is 11.5 Å². The maximum Gasteiger partial charge on any atom is 0.410 e. The molecule has 2 heterocycles. The Bertz CT molecular complexity index is 967. The SMILES string of the molecule is COC(=O)[C@H]1C[C@@H]([C@@H]2CCCCN2C(=O)OC(C)(C)C)C=C2CCC(=O)N(Cc3ccccc3)[C@H]21. The molecule has 1 aliphatic carbocycles. The highest BCUT2D eigenvalue weighted by atomic mass is 16.6. The van der Waals surface area contributed by atoms with Crippen LogP contribution >= 0.6 is 0 Å². The number of piperidine rings is 2. The molecule has 0 unspecified atom stereocenters. The number of fused-ring (bicyclic) bond motifs is 1. The summed E-state index contributed by atoms with van der Waals surface area (Å²) in [5.41, 5.74) is 1.59. The van der Waals surface area contributed by atoms with Gasteiger partial charge in [-0.1, -0.05) is 42.0 Å². The van der Waals surface area contributed by atoms with Crippen molar-refractivity contribution in [2.24, 2.45) is 11.8 Å². The molecular weight excluding hydrogens is 444 g/mol. The largest absolute Gasteiger partial charge is 0.469 e. The Kier molecular flexibility index (Phi) is 7.53. The van der Waals surface area contributed by atoms with E-state index in [-0.39, 0.29) is 36.0 Å². The number of hydrogen-bond donors (Lipinski definition) is 0. The number of rotatable bonds is 4. The summed E-state index contributed by atoms with van der Waals surface area (Å²) >= 11 is 0. The van der Waals surface area contributed by atoms with Crippen LogP contribution in [0.3, 0.4) is 0 Å². The average Bonchev–Trinajstić information content (AvgIpc) is 2.84. The number of amides is 2. The highest BCUT2D eigenvalue weighted by Gasteiger charge is 2.47. The third kappa shape index (κ3) is 5.71. The Balaban J connectivity index is 1.64. The molecule has 4 rings (SSSR count). The molecule has 7 nitrogen and oxygen atoms in total. The lowest BCUT2D eigenvalue weighted by molar-refractivity contribution is -0.152. The lowest BCUT2D eigenvalue weighted by atomic mass is 9.71. The Labute approximate surface area is 208 Å². The first kappa shape index (κ1) is 25.3. The number of carbonyl (C=O) groups excluding carboxylic acids is 3. The lowest BCUT2D eigenvalue weighted by Gasteiger charge is -2.48. The van der Waals surface area contributed by atoms with Gasteiger partial charge < -0.3 is 19.3 Å². The van der Waals surface area contributed by atoms with Crippen LogP contribution in [-0.4, -0.2) is 59.1 Å². The summed E-state index contributed by atoms with van der Waals surface area (Å²) in [6.07, 6.45) is 6.43. The number of benzene rings is 1. The quantitative estimate of drug-likeness (QED) is 0.459. The minimum absolute atomic E-state index is 0.0185. The molecule has 0 radical (unpaired) electrons. The monoisotopic (exact) mass is 482 g/mol. The number of hydrogen-bond acceptors (Lipinski definition) is 5. The van der Waals surface area contributed by atoms with Gasteiger partial charge in [-0.05, 0) is 64.4 Å². The summed E-state index contributed by atoms with van der Waals surface area (Å²) < 4.78 is 11.0. The number of ether oxygens (including phenoxy) is 2. The summed E-state index contributed by atoms with van der Waals surface area (Å²) in [5, 5.41) is 0. The van der Waals surface area contributed by atoms with E-state index in [1.54, 1.807) is 0 Å². The fraction of sp³-hybridized carbons (Fsp3) is 0.607. The highest BCUT2D eigenvalue weighted by molar-refractivity contribution is 5.82.